The third kappa shape index (κ3) is 4.20. The molecule has 0 saturated heterocycles. The molecule has 3 aromatic carbocycles. The van der Waals surface area contributed by atoms with Crippen LogP contribution in [0.2, 0.25) is 10.0 Å². The highest BCUT2D eigenvalue weighted by atomic mass is 35.5. The first-order chi connectivity index (χ1) is 12.0. The van der Waals surface area contributed by atoms with Gasteiger partial charge in [0.05, 0.1) is 0 Å². The van der Waals surface area contributed by atoms with Crippen LogP contribution in [0.25, 0.3) is 0 Å². The molecule has 0 radical (unpaired) electrons. The van der Waals surface area contributed by atoms with E-state index in [2.05, 4.69) is 5.32 Å². The lowest BCUT2D eigenvalue weighted by Crippen LogP contribution is -2.14. The van der Waals surface area contributed by atoms with Gasteiger partial charge in [-0.05, 0) is 42.0 Å². The summed E-state index contributed by atoms with van der Waals surface area (Å²) in [6, 6.07) is 20.8. The van der Waals surface area contributed by atoms with Crippen molar-refractivity contribution in [3.05, 3.63) is 99.5 Å². The Bertz CT molecular complexity index is 897. The summed E-state index contributed by atoms with van der Waals surface area (Å²) >= 11 is 12.0. The van der Waals surface area contributed by atoms with Crippen LogP contribution in [0.15, 0.2) is 72.8 Å². The molecule has 1 atom stereocenters. The zero-order valence-corrected chi connectivity index (χ0v) is 14.6. The fourth-order valence-electron chi connectivity index (χ4n) is 2.51. The van der Waals surface area contributed by atoms with Crippen LogP contribution in [0, 0.1) is 0 Å². The van der Waals surface area contributed by atoms with Crippen molar-refractivity contribution in [3.63, 3.8) is 0 Å². The topological polar surface area (TPSA) is 49.3 Å². The third-order valence-electron chi connectivity index (χ3n) is 3.76. The first-order valence-electron chi connectivity index (χ1n) is 7.64. The lowest BCUT2D eigenvalue weighted by atomic mass is 9.99. The van der Waals surface area contributed by atoms with Crippen LogP contribution in [0.3, 0.4) is 0 Å². The maximum absolute atomic E-state index is 12.5. The monoisotopic (exact) mass is 371 g/mol. The van der Waals surface area contributed by atoms with Crippen molar-refractivity contribution in [2.45, 2.75) is 6.10 Å². The van der Waals surface area contributed by atoms with Gasteiger partial charge < -0.3 is 10.4 Å². The molecule has 3 nitrogen and oxygen atoms in total. The van der Waals surface area contributed by atoms with Crippen molar-refractivity contribution in [3.8, 4) is 0 Å². The minimum absolute atomic E-state index is 0.314. The SMILES string of the molecule is O=C(Nc1ccc(Cl)cc1[C@@H](O)c1ccccc1)c1cccc(Cl)c1. The number of nitrogens with one attached hydrogen (secondary N) is 1. The molecule has 0 aliphatic carbocycles. The Hall–Kier alpha value is -2.33. The van der Waals surface area contributed by atoms with Gasteiger partial charge in [0, 0.05) is 26.9 Å². The van der Waals surface area contributed by atoms with E-state index < -0.39 is 6.10 Å². The molecule has 3 aromatic rings. The Balaban J connectivity index is 1.93. The van der Waals surface area contributed by atoms with Crippen molar-refractivity contribution in [2.75, 3.05) is 5.32 Å². The minimum atomic E-state index is -0.908. The quantitative estimate of drug-likeness (QED) is 0.651. The van der Waals surface area contributed by atoms with Crippen molar-refractivity contribution in [1.29, 1.82) is 0 Å². The van der Waals surface area contributed by atoms with Crippen molar-refractivity contribution < 1.29 is 9.90 Å². The van der Waals surface area contributed by atoms with Crippen LogP contribution in [0.1, 0.15) is 27.6 Å². The maximum atomic E-state index is 12.5. The molecule has 5 heteroatoms. The summed E-state index contributed by atoms with van der Waals surface area (Å²) in [5.74, 6) is -0.314. The molecular formula is C20H15Cl2NO2. The van der Waals surface area contributed by atoms with Crippen LogP contribution in [0.4, 0.5) is 5.69 Å². The van der Waals surface area contributed by atoms with Crippen LogP contribution in [-0.4, -0.2) is 11.0 Å². The summed E-state index contributed by atoms with van der Waals surface area (Å²) in [6.45, 7) is 0. The molecule has 0 heterocycles. The highest BCUT2D eigenvalue weighted by Crippen LogP contribution is 2.31. The Kier molecular flexibility index (Phi) is 5.39. The first kappa shape index (κ1) is 17.5. The maximum Gasteiger partial charge on any atom is 0.255 e. The molecule has 0 unspecified atom stereocenters. The summed E-state index contributed by atoms with van der Waals surface area (Å²) < 4.78 is 0. The zero-order chi connectivity index (χ0) is 17.8. The molecule has 0 aliphatic rings. The van der Waals surface area contributed by atoms with E-state index in [-0.39, 0.29) is 5.91 Å². The largest absolute Gasteiger partial charge is 0.384 e. The average molecular weight is 372 g/mol. The van der Waals surface area contributed by atoms with Gasteiger partial charge in [-0.2, -0.15) is 0 Å². The molecule has 126 valence electrons. The van der Waals surface area contributed by atoms with Crippen molar-refractivity contribution >= 4 is 34.8 Å². The van der Waals surface area contributed by atoms with E-state index in [9.17, 15) is 9.90 Å². The minimum Gasteiger partial charge on any atom is -0.384 e. The van der Waals surface area contributed by atoms with Crippen LogP contribution in [-0.2, 0) is 0 Å². The second-order valence-corrected chi connectivity index (χ2v) is 6.38. The van der Waals surface area contributed by atoms with E-state index >= 15 is 0 Å². The number of carbonyl (C=O) groups is 1. The first-order valence-corrected chi connectivity index (χ1v) is 8.39. The molecular weight excluding hydrogens is 357 g/mol. The van der Waals surface area contributed by atoms with Crippen molar-refractivity contribution in [1.82, 2.24) is 0 Å². The predicted molar refractivity (Wildman–Crippen MR) is 101 cm³/mol. The highest BCUT2D eigenvalue weighted by molar-refractivity contribution is 6.31. The molecule has 0 fully saturated rings. The van der Waals surface area contributed by atoms with Gasteiger partial charge >= 0.3 is 0 Å². The molecule has 25 heavy (non-hydrogen) atoms. The Morgan fingerprint density at radius 1 is 0.880 bits per heavy atom. The van der Waals surface area contributed by atoms with E-state index in [4.69, 9.17) is 23.2 Å². The van der Waals surface area contributed by atoms with Gasteiger partial charge in [-0.15, -0.1) is 0 Å². The molecule has 2 N–H and O–H groups in total. The number of aliphatic hydroxyl groups excluding tert-OH is 1. The molecule has 3 rings (SSSR count). The second-order valence-electron chi connectivity index (χ2n) is 5.51. The van der Waals surface area contributed by atoms with Gasteiger partial charge in [0.1, 0.15) is 6.10 Å². The average Bonchev–Trinajstić information content (AvgIpc) is 2.63. The van der Waals surface area contributed by atoms with E-state index in [0.717, 1.165) is 0 Å². The fraction of sp³-hybridized carbons (Fsp3) is 0.0500. The van der Waals surface area contributed by atoms with Gasteiger partial charge in [-0.3, -0.25) is 4.79 Å². The molecule has 0 spiro atoms. The summed E-state index contributed by atoms with van der Waals surface area (Å²) in [4.78, 5) is 12.5. The van der Waals surface area contributed by atoms with Gasteiger partial charge in [0.15, 0.2) is 0 Å². The smallest absolute Gasteiger partial charge is 0.255 e. The standard InChI is InChI=1S/C20H15Cl2NO2/c21-15-8-4-7-14(11-15)20(25)23-18-10-9-16(22)12-17(18)19(24)13-5-2-1-3-6-13/h1-12,19,24H,(H,23,25)/t19-/m0/s1. The Morgan fingerprint density at radius 2 is 1.60 bits per heavy atom. The van der Waals surface area contributed by atoms with Crippen LogP contribution < -0.4 is 5.32 Å². The lowest BCUT2D eigenvalue weighted by molar-refractivity contribution is 0.102. The normalized spacial score (nSPS) is 11.8. The lowest BCUT2D eigenvalue weighted by Gasteiger charge is -2.17. The molecule has 0 bridgehead atoms. The zero-order valence-electron chi connectivity index (χ0n) is 13.1. The van der Waals surface area contributed by atoms with E-state index in [0.29, 0.717) is 32.4 Å². The molecule has 0 aromatic heterocycles. The molecule has 1 amide bonds. The van der Waals surface area contributed by atoms with E-state index in [1.165, 1.54) is 0 Å². The second kappa shape index (κ2) is 7.70. The van der Waals surface area contributed by atoms with Crippen LogP contribution >= 0.6 is 23.2 Å². The number of rotatable bonds is 4. The molecule has 0 saturated carbocycles. The number of amides is 1. The number of anilines is 1. The summed E-state index contributed by atoms with van der Waals surface area (Å²) in [5.41, 5.74) is 2.16. The number of halogens is 2. The van der Waals surface area contributed by atoms with Gasteiger partial charge in [-0.25, -0.2) is 0 Å². The predicted octanol–water partition coefficient (Wildman–Crippen LogP) is 5.33. The number of hydrogen-bond acceptors (Lipinski definition) is 2. The Morgan fingerprint density at radius 3 is 2.32 bits per heavy atom. The highest BCUT2D eigenvalue weighted by Gasteiger charge is 2.17. The Labute approximate surface area is 155 Å². The van der Waals surface area contributed by atoms with Crippen molar-refractivity contribution in [2.24, 2.45) is 0 Å². The van der Waals surface area contributed by atoms with E-state index in [1.807, 2.05) is 30.3 Å². The number of carbonyl (C=O) groups excluding carboxylic acids is 1. The van der Waals surface area contributed by atoms with Gasteiger partial charge in [0.2, 0.25) is 0 Å². The summed E-state index contributed by atoms with van der Waals surface area (Å²) in [7, 11) is 0. The van der Waals surface area contributed by atoms with Crippen LogP contribution in [0.5, 0.6) is 0 Å². The van der Waals surface area contributed by atoms with E-state index in [1.54, 1.807) is 42.5 Å². The molecule has 0 aliphatic heterocycles. The number of hydrogen-bond donors (Lipinski definition) is 2. The fourth-order valence-corrected chi connectivity index (χ4v) is 2.88. The third-order valence-corrected chi connectivity index (χ3v) is 4.23. The summed E-state index contributed by atoms with van der Waals surface area (Å²) in [6.07, 6.45) is -0.908. The van der Waals surface area contributed by atoms with Gasteiger partial charge in [0.25, 0.3) is 5.91 Å². The van der Waals surface area contributed by atoms with Gasteiger partial charge in [-0.1, -0.05) is 59.6 Å². The number of aliphatic hydroxyl groups is 1. The summed E-state index contributed by atoms with van der Waals surface area (Å²) in [5, 5.41) is 14.5. The number of benzene rings is 3.